The molecule has 0 unspecified atom stereocenters. The number of halogens is 1. The average molecular weight is 452 g/mol. The largest absolute Gasteiger partial charge is 0.287 e. The molecule has 1 aliphatic rings. The number of sulfonamides is 1. The fraction of sp³-hybridized carbons (Fsp3) is 0.300. The Balaban J connectivity index is 1.94. The third kappa shape index (κ3) is 4.83. The van der Waals surface area contributed by atoms with E-state index in [4.69, 9.17) is 11.6 Å². The minimum absolute atomic E-state index is 0.0850. The van der Waals surface area contributed by atoms with Crippen LogP contribution >= 0.6 is 23.4 Å². The highest BCUT2D eigenvalue weighted by Gasteiger charge is 2.26. The molecule has 29 heavy (non-hydrogen) atoms. The van der Waals surface area contributed by atoms with Crippen molar-refractivity contribution in [2.75, 3.05) is 26.4 Å². The predicted octanol–water partition coefficient (Wildman–Crippen LogP) is 4.17. The molecule has 1 aliphatic heterocycles. The lowest BCUT2D eigenvalue weighted by Crippen LogP contribution is -2.39. The van der Waals surface area contributed by atoms with E-state index in [1.165, 1.54) is 38.0 Å². The Hall–Kier alpha value is -1.87. The van der Waals surface area contributed by atoms with Gasteiger partial charge in [0, 0.05) is 37.0 Å². The number of aliphatic imine (C=N–C) groups is 1. The second-order valence-corrected chi connectivity index (χ2v) is 10.4. The summed E-state index contributed by atoms with van der Waals surface area (Å²) in [6, 6.07) is 11.6. The number of carbonyl (C=O) groups is 1. The number of aryl methyl sites for hydroxylation is 1. The molecule has 1 amide bonds. The van der Waals surface area contributed by atoms with Crippen molar-refractivity contribution in [3.8, 4) is 0 Å². The van der Waals surface area contributed by atoms with E-state index in [0.29, 0.717) is 28.0 Å². The monoisotopic (exact) mass is 451 g/mol. The van der Waals surface area contributed by atoms with Crippen LogP contribution in [0.1, 0.15) is 22.3 Å². The van der Waals surface area contributed by atoms with Crippen LogP contribution in [0.25, 0.3) is 0 Å². The highest BCUT2D eigenvalue weighted by Crippen LogP contribution is 2.27. The number of benzene rings is 2. The lowest BCUT2D eigenvalue weighted by atomic mass is 10.2. The molecule has 0 N–H and O–H groups in total. The van der Waals surface area contributed by atoms with E-state index in [-0.39, 0.29) is 10.8 Å². The van der Waals surface area contributed by atoms with Crippen LogP contribution in [-0.4, -0.2) is 55.1 Å². The van der Waals surface area contributed by atoms with Crippen LogP contribution in [0.2, 0.25) is 5.02 Å². The molecule has 1 saturated heterocycles. The molecule has 1 heterocycles. The zero-order valence-corrected chi connectivity index (χ0v) is 18.8. The zero-order valence-electron chi connectivity index (χ0n) is 16.4. The summed E-state index contributed by atoms with van der Waals surface area (Å²) < 4.78 is 25.9. The van der Waals surface area contributed by atoms with Crippen molar-refractivity contribution in [2.45, 2.75) is 18.2 Å². The molecule has 2 aromatic rings. The van der Waals surface area contributed by atoms with Gasteiger partial charge in [-0.3, -0.25) is 9.69 Å². The number of amides is 1. The number of rotatable bonds is 4. The van der Waals surface area contributed by atoms with Crippen molar-refractivity contribution in [2.24, 2.45) is 4.99 Å². The van der Waals surface area contributed by atoms with Gasteiger partial charge in [0.15, 0.2) is 5.17 Å². The summed E-state index contributed by atoms with van der Waals surface area (Å²) in [6.07, 6.45) is 0.833. The Kier molecular flexibility index (Phi) is 6.68. The van der Waals surface area contributed by atoms with Crippen LogP contribution in [0.5, 0.6) is 0 Å². The van der Waals surface area contributed by atoms with Crippen LogP contribution in [0, 0.1) is 6.92 Å². The number of nitrogens with zero attached hydrogens (tertiary/aromatic N) is 3. The highest BCUT2D eigenvalue weighted by molar-refractivity contribution is 8.13. The minimum atomic E-state index is -3.62. The summed E-state index contributed by atoms with van der Waals surface area (Å²) >= 11 is 7.69. The Morgan fingerprint density at radius 1 is 1.21 bits per heavy atom. The molecule has 0 atom stereocenters. The van der Waals surface area contributed by atoms with Crippen molar-refractivity contribution in [1.82, 2.24) is 9.21 Å². The minimum Gasteiger partial charge on any atom is -0.287 e. The molecule has 3 rings (SSSR count). The van der Waals surface area contributed by atoms with E-state index in [1.54, 1.807) is 23.1 Å². The molecule has 6 nitrogen and oxygen atoms in total. The lowest BCUT2D eigenvalue weighted by Gasteiger charge is -2.28. The van der Waals surface area contributed by atoms with E-state index in [9.17, 15) is 13.2 Å². The van der Waals surface area contributed by atoms with Crippen LogP contribution < -0.4 is 0 Å². The number of hydrogen-bond acceptors (Lipinski definition) is 5. The van der Waals surface area contributed by atoms with Gasteiger partial charge in [-0.15, -0.1) is 0 Å². The summed E-state index contributed by atoms with van der Waals surface area (Å²) in [5.74, 6) is 0.585. The summed E-state index contributed by atoms with van der Waals surface area (Å²) in [5, 5.41) is 1.20. The van der Waals surface area contributed by atoms with Crippen LogP contribution in [-0.2, 0) is 10.0 Å². The average Bonchev–Trinajstić information content (AvgIpc) is 2.70. The topological polar surface area (TPSA) is 70.0 Å². The van der Waals surface area contributed by atoms with E-state index in [0.717, 1.165) is 22.0 Å². The SMILES string of the molecule is Cc1ccc(N=C2SCCCN2C(=O)c2cccc(S(=O)(=O)N(C)C)c2)cc1Cl. The van der Waals surface area contributed by atoms with E-state index in [1.807, 2.05) is 19.1 Å². The number of carbonyl (C=O) groups excluding carboxylic acids is 1. The van der Waals surface area contributed by atoms with Gasteiger partial charge in [-0.1, -0.05) is 35.5 Å². The summed E-state index contributed by atoms with van der Waals surface area (Å²) in [4.78, 5) is 19.5. The fourth-order valence-electron chi connectivity index (χ4n) is 2.76. The first-order chi connectivity index (χ1) is 13.7. The van der Waals surface area contributed by atoms with Gasteiger partial charge in [0.25, 0.3) is 5.91 Å². The molecule has 0 radical (unpaired) electrons. The third-order valence-corrected chi connectivity index (χ3v) is 7.75. The molecule has 154 valence electrons. The van der Waals surface area contributed by atoms with E-state index in [2.05, 4.69) is 4.99 Å². The van der Waals surface area contributed by atoms with E-state index >= 15 is 0 Å². The highest BCUT2D eigenvalue weighted by atomic mass is 35.5. The third-order valence-electron chi connectivity index (χ3n) is 4.47. The first-order valence-electron chi connectivity index (χ1n) is 9.02. The van der Waals surface area contributed by atoms with Crippen molar-refractivity contribution in [3.63, 3.8) is 0 Å². The van der Waals surface area contributed by atoms with E-state index < -0.39 is 10.0 Å². The molecule has 0 spiro atoms. The summed E-state index contributed by atoms with van der Waals surface area (Å²) in [5.41, 5.74) is 1.94. The maximum absolute atomic E-state index is 13.2. The van der Waals surface area contributed by atoms with Gasteiger partial charge >= 0.3 is 0 Å². The van der Waals surface area contributed by atoms with Gasteiger partial charge in [0.05, 0.1) is 10.6 Å². The second kappa shape index (κ2) is 8.87. The van der Waals surface area contributed by atoms with Gasteiger partial charge in [0.2, 0.25) is 10.0 Å². The standard InChI is InChI=1S/C20H22ClN3O3S2/c1-14-8-9-16(13-18(14)21)22-20-24(10-5-11-28-20)19(25)15-6-4-7-17(12-15)29(26,27)23(2)3/h4,6-9,12-13H,5,10-11H2,1-3H3. The molecular formula is C20H22ClN3O3S2. The molecule has 0 aromatic heterocycles. The Morgan fingerprint density at radius 2 is 1.97 bits per heavy atom. The molecule has 9 heteroatoms. The maximum atomic E-state index is 13.2. The molecule has 2 aromatic carbocycles. The molecular weight excluding hydrogens is 430 g/mol. The Morgan fingerprint density at radius 3 is 2.66 bits per heavy atom. The first kappa shape index (κ1) is 21.8. The maximum Gasteiger partial charge on any atom is 0.259 e. The van der Waals surface area contributed by atoms with Gasteiger partial charge < -0.3 is 0 Å². The number of thioether (sulfide) groups is 1. The van der Waals surface area contributed by atoms with Gasteiger partial charge in [-0.05, 0) is 49.2 Å². The molecule has 0 aliphatic carbocycles. The normalized spacial score (nSPS) is 16.4. The van der Waals surface area contributed by atoms with Gasteiger partial charge in [-0.2, -0.15) is 0 Å². The van der Waals surface area contributed by atoms with Crippen molar-refractivity contribution < 1.29 is 13.2 Å². The fourth-order valence-corrected chi connectivity index (χ4v) is 4.84. The summed E-state index contributed by atoms with van der Waals surface area (Å²) in [6.45, 7) is 2.44. The smallest absolute Gasteiger partial charge is 0.259 e. The summed E-state index contributed by atoms with van der Waals surface area (Å²) in [7, 11) is -0.700. The van der Waals surface area contributed by atoms with Gasteiger partial charge in [0.1, 0.15) is 0 Å². The Bertz CT molecular complexity index is 1070. The second-order valence-electron chi connectivity index (χ2n) is 6.80. The van der Waals surface area contributed by atoms with Crippen LogP contribution in [0.3, 0.4) is 0 Å². The number of hydrogen-bond donors (Lipinski definition) is 0. The Labute approximate surface area is 180 Å². The molecule has 0 bridgehead atoms. The van der Waals surface area contributed by atoms with Crippen molar-refractivity contribution >= 4 is 50.1 Å². The van der Waals surface area contributed by atoms with Crippen LogP contribution in [0.4, 0.5) is 5.69 Å². The van der Waals surface area contributed by atoms with Crippen molar-refractivity contribution in [3.05, 3.63) is 58.6 Å². The first-order valence-corrected chi connectivity index (χ1v) is 11.8. The number of amidine groups is 1. The lowest BCUT2D eigenvalue weighted by molar-refractivity contribution is 0.0849. The molecule has 1 fully saturated rings. The van der Waals surface area contributed by atoms with Crippen molar-refractivity contribution in [1.29, 1.82) is 0 Å². The molecule has 0 saturated carbocycles. The zero-order chi connectivity index (χ0) is 21.2. The predicted molar refractivity (Wildman–Crippen MR) is 119 cm³/mol. The van der Waals surface area contributed by atoms with Gasteiger partial charge in [-0.25, -0.2) is 17.7 Å². The quantitative estimate of drug-likeness (QED) is 0.699. The van der Waals surface area contributed by atoms with Crippen LogP contribution in [0.15, 0.2) is 52.4 Å².